The Morgan fingerprint density at radius 1 is 1.19 bits per heavy atom. The molecule has 0 unspecified atom stereocenters. The first kappa shape index (κ1) is 13.3. The fourth-order valence-corrected chi connectivity index (χ4v) is 1.98. The van der Waals surface area contributed by atoms with E-state index in [1.165, 1.54) is 4.68 Å². The number of hydrogen-bond donors (Lipinski definition) is 2. The summed E-state index contributed by atoms with van der Waals surface area (Å²) in [6.07, 6.45) is 1.69. The molecule has 0 atom stereocenters. The minimum Gasteiger partial charge on any atom is -0.507 e. The molecular formula is C14H12N4O2S. The summed E-state index contributed by atoms with van der Waals surface area (Å²) in [5.74, 6) is 1.09. The quantitative estimate of drug-likeness (QED) is 0.721. The Bertz CT molecular complexity index is 798. The molecule has 0 bridgehead atoms. The Hall–Kier alpha value is -2.67. The van der Waals surface area contributed by atoms with Crippen LogP contribution in [0.4, 0.5) is 5.82 Å². The summed E-state index contributed by atoms with van der Waals surface area (Å²) in [4.78, 5) is 4.36. The van der Waals surface area contributed by atoms with E-state index < -0.39 is 0 Å². The van der Waals surface area contributed by atoms with Crippen LogP contribution in [0.1, 0.15) is 0 Å². The van der Waals surface area contributed by atoms with Crippen molar-refractivity contribution in [2.45, 2.75) is 6.67 Å². The molecule has 0 radical (unpaired) electrons. The Labute approximate surface area is 125 Å². The van der Waals surface area contributed by atoms with Gasteiger partial charge >= 0.3 is 0 Å². The Morgan fingerprint density at radius 2 is 2.00 bits per heavy atom. The van der Waals surface area contributed by atoms with Crippen LogP contribution in [0.15, 0.2) is 53.1 Å². The highest BCUT2D eigenvalue weighted by molar-refractivity contribution is 7.71. The lowest BCUT2D eigenvalue weighted by molar-refractivity contribution is 0.471. The van der Waals surface area contributed by atoms with Gasteiger partial charge in [-0.15, -0.1) is 5.10 Å². The summed E-state index contributed by atoms with van der Waals surface area (Å²) >= 11 is 5.12. The number of aromatic nitrogens is 3. The normalized spacial score (nSPS) is 10.5. The van der Waals surface area contributed by atoms with Crippen LogP contribution in [0, 0.1) is 4.84 Å². The molecule has 0 saturated heterocycles. The van der Waals surface area contributed by atoms with Crippen molar-refractivity contribution in [3.8, 4) is 17.2 Å². The SMILES string of the molecule is Oc1ccccc1-c1nn(CNc2ccccn2)c(=S)o1. The zero-order valence-electron chi connectivity index (χ0n) is 10.9. The van der Waals surface area contributed by atoms with Crippen molar-refractivity contribution in [1.29, 1.82) is 0 Å². The maximum absolute atomic E-state index is 9.80. The van der Waals surface area contributed by atoms with E-state index in [-0.39, 0.29) is 16.5 Å². The largest absolute Gasteiger partial charge is 0.507 e. The van der Waals surface area contributed by atoms with Crippen molar-refractivity contribution in [3.63, 3.8) is 0 Å². The van der Waals surface area contributed by atoms with Gasteiger partial charge in [-0.25, -0.2) is 9.67 Å². The Kier molecular flexibility index (Phi) is 3.65. The molecule has 3 aromatic rings. The lowest BCUT2D eigenvalue weighted by Gasteiger charge is -2.03. The summed E-state index contributed by atoms with van der Waals surface area (Å²) in [5.41, 5.74) is 0.500. The molecule has 0 spiro atoms. The van der Waals surface area contributed by atoms with Crippen LogP contribution in [-0.4, -0.2) is 19.9 Å². The van der Waals surface area contributed by atoms with E-state index in [1.54, 1.807) is 30.5 Å². The van der Waals surface area contributed by atoms with Gasteiger partial charge in [-0.3, -0.25) is 0 Å². The van der Waals surface area contributed by atoms with Gasteiger partial charge in [0.2, 0.25) is 0 Å². The smallest absolute Gasteiger partial charge is 0.289 e. The second-order valence-corrected chi connectivity index (χ2v) is 4.59. The number of phenolic OH excluding ortho intramolecular Hbond substituents is 1. The number of hydrogen-bond acceptors (Lipinski definition) is 6. The fraction of sp³-hybridized carbons (Fsp3) is 0.0714. The van der Waals surface area contributed by atoms with Crippen LogP contribution in [0.2, 0.25) is 0 Å². The zero-order chi connectivity index (χ0) is 14.7. The van der Waals surface area contributed by atoms with Gasteiger partial charge in [0.25, 0.3) is 10.7 Å². The van der Waals surface area contributed by atoms with Gasteiger partial charge in [0.05, 0.1) is 5.56 Å². The Balaban J connectivity index is 1.82. The summed E-state index contributed by atoms with van der Waals surface area (Å²) in [6.45, 7) is 0.326. The first-order chi connectivity index (χ1) is 10.2. The molecule has 2 heterocycles. The van der Waals surface area contributed by atoms with E-state index in [0.29, 0.717) is 18.1 Å². The summed E-state index contributed by atoms with van der Waals surface area (Å²) in [5, 5.41) is 17.1. The molecule has 0 aliphatic carbocycles. The van der Waals surface area contributed by atoms with Gasteiger partial charge in [-0.05, 0) is 36.5 Å². The average molecular weight is 300 g/mol. The lowest BCUT2D eigenvalue weighted by atomic mass is 10.2. The second kappa shape index (κ2) is 5.76. The number of phenols is 1. The van der Waals surface area contributed by atoms with E-state index in [0.717, 1.165) is 0 Å². The van der Waals surface area contributed by atoms with Gasteiger partial charge in [0.1, 0.15) is 18.2 Å². The van der Waals surface area contributed by atoms with Crippen molar-refractivity contribution < 1.29 is 9.52 Å². The number of benzene rings is 1. The predicted molar refractivity (Wildman–Crippen MR) is 80.3 cm³/mol. The van der Waals surface area contributed by atoms with Crippen molar-refractivity contribution >= 4 is 18.0 Å². The van der Waals surface area contributed by atoms with E-state index in [1.807, 2.05) is 18.2 Å². The zero-order valence-corrected chi connectivity index (χ0v) is 11.7. The van der Waals surface area contributed by atoms with Gasteiger partial charge < -0.3 is 14.8 Å². The Morgan fingerprint density at radius 3 is 2.76 bits per heavy atom. The molecule has 1 aromatic carbocycles. The average Bonchev–Trinajstić information content (AvgIpc) is 2.88. The molecule has 0 saturated carbocycles. The molecule has 0 amide bonds. The monoisotopic (exact) mass is 300 g/mol. The maximum Gasteiger partial charge on any atom is 0.289 e. The number of nitrogens with one attached hydrogen (secondary N) is 1. The van der Waals surface area contributed by atoms with Crippen LogP contribution < -0.4 is 5.32 Å². The molecule has 7 heteroatoms. The summed E-state index contributed by atoms with van der Waals surface area (Å²) < 4.78 is 6.91. The molecule has 6 nitrogen and oxygen atoms in total. The number of nitrogens with zero attached hydrogens (tertiary/aromatic N) is 3. The van der Waals surface area contributed by atoms with E-state index in [2.05, 4.69) is 15.4 Å². The maximum atomic E-state index is 9.80. The van der Waals surface area contributed by atoms with Gasteiger partial charge in [-0.2, -0.15) is 0 Å². The highest BCUT2D eigenvalue weighted by atomic mass is 32.1. The molecule has 21 heavy (non-hydrogen) atoms. The predicted octanol–water partition coefficient (Wildman–Crippen LogP) is 3.04. The molecular weight excluding hydrogens is 288 g/mol. The minimum atomic E-state index is 0.0959. The number of para-hydroxylation sites is 1. The molecule has 0 aliphatic rings. The van der Waals surface area contributed by atoms with Crippen LogP contribution in [0.5, 0.6) is 5.75 Å². The van der Waals surface area contributed by atoms with Crippen LogP contribution in [0.3, 0.4) is 0 Å². The van der Waals surface area contributed by atoms with E-state index in [4.69, 9.17) is 16.6 Å². The number of aromatic hydroxyl groups is 1. The number of rotatable bonds is 4. The highest BCUT2D eigenvalue weighted by Gasteiger charge is 2.11. The molecule has 3 rings (SSSR count). The minimum absolute atomic E-state index is 0.0959. The molecule has 0 aliphatic heterocycles. The van der Waals surface area contributed by atoms with Crippen molar-refractivity contribution in [3.05, 3.63) is 53.5 Å². The third kappa shape index (κ3) is 2.92. The fourth-order valence-electron chi connectivity index (χ4n) is 1.79. The lowest BCUT2D eigenvalue weighted by Crippen LogP contribution is -2.10. The summed E-state index contributed by atoms with van der Waals surface area (Å²) in [7, 11) is 0. The number of pyridine rings is 1. The first-order valence-electron chi connectivity index (χ1n) is 6.25. The number of anilines is 1. The second-order valence-electron chi connectivity index (χ2n) is 4.24. The third-order valence-corrected chi connectivity index (χ3v) is 3.11. The molecule has 0 fully saturated rings. The van der Waals surface area contributed by atoms with Crippen LogP contribution >= 0.6 is 12.2 Å². The summed E-state index contributed by atoms with van der Waals surface area (Å²) in [6, 6.07) is 12.4. The molecule has 2 aromatic heterocycles. The van der Waals surface area contributed by atoms with Gasteiger partial charge in [-0.1, -0.05) is 18.2 Å². The first-order valence-corrected chi connectivity index (χ1v) is 6.66. The van der Waals surface area contributed by atoms with Crippen molar-refractivity contribution in [2.24, 2.45) is 0 Å². The van der Waals surface area contributed by atoms with E-state index in [9.17, 15) is 5.11 Å². The molecule has 2 N–H and O–H groups in total. The van der Waals surface area contributed by atoms with Gasteiger partial charge in [0.15, 0.2) is 0 Å². The highest BCUT2D eigenvalue weighted by Crippen LogP contribution is 2.27. The third-order valence-electron chi connectivity index (χ3n) is 2.82. The van der Waals surface area contributed by atoms with Crippen LogP contribution in [0.25, 0.3) is 11.5 Å². The topological polar surface area (TPSA) is 76.1 Å². The van der Waals surface area contributed by atoms with Crippen molar-refractivity contribution in [2.75, 3.05) is 5.32 Å². The van der Waals surface area contributed by atoms with Crippen LogP contribution in [-0.2, 0) is 6.67 Å². The van der Waals surface area contributed by atoms with Crippen molar-refractivity contribution in [1.82, 2.24) is 14.8 Å². The standard InChI is InChI=1S/C14H12N4O2S/c19-11-6-2-1-5-10(11)13-17-18(14(21)20-13)9-16-12-7-3-4-8-15-12/h1-8,19H,9H2,(H,15,16). The van der Waals surface area contributed by atoms with E-state index >= 15 is 0 Å². The van der Waals surface area contributed by atoms with Gasteiger partial charge in [0, 0.05) is 6.20 Å². The molecule has 106 valence electrons.